The smallest absolute Gasteiger partial charge is 0.184 e. The van der Waals surface area contributed by atoms with Gasteiger partial charge >= 0.3 is 0 Å². The van der Waals surface area contributed by atoms with Gasteiger partial charge in [0, 0.05) is 5.56 Å². The maximum absolute atomic E-state index is 13.6. The summed E-state index contributed by atoms with van der Waals surface area (Å²) >= 11 is 5.65. The highest BCUT2D eigenvalue weighted by Gasteiger charge is 2.10. The molecular weight excluding hydrogens is 243 g/mol. The van der Waals surface area contributed by atoms with E-state index in [1.165, 1.54) is 12.1 Å². The average Bonchev–Trinajstić information content (AvgIpc) is 2.35. The van der Waals surface area contributed by atoms with Gasteiger partial charge in [-0.1, -0.05) is 35.9 Å². The number of benzene rings is 2. The van der Waals surface area contributed by atoms with E-state index < -0.39 is 5.82 Å². The summed E-state index contributed by atoms with van der Waals surface area (Å²) in [5, 5.41) is 9.12. The van der Waals surface area contributed by atoms with E-state index in [0.717, 1.165) is 0 Å². The van der Waals surface area contributed by atoms with Crippen molar-refractivity contribution in [1.29, 1.82) is 0 Å². The van der Waals surface area contributed by atoms with Crippen LogP contribution in [0.1, 0.15) is 5.56 Å². The summed E-state index contributed by atoms with van der Waals surface area (Å²) in [6.45, 7) is -0.168. The highest BCUT2D eigenvalue weighted by Crippen LogP contribution is 2.30. The van der Waals surface area contributed by atoms with Gasteiger partial charge in [0.05, 0.1) is 11.6 Å². The Kier molecular flexibility index (Phi) is 3.61. The highest BCUT2D eigenvalue weighted by molar-refractivity contribution is 6.30. The predicted octanol–water partition coefficient (Wildman–Crippen LogP) is 3.76. The zero-order valence-corrected chi connectivity index (χ0v) is 9.62. The van der Waals surface area contributed by atoms with E-state index in [4.69, 9.17) is 21.4 Å². The molecular formula is C13H10ClFO2. The van der Waals surface area contributed by atoms with E-state index >= 15 is 0 Å². The zero-order chi connectivity index (χ0) is 12.3. The molecule has 2 aromatic rings. The lowest BCUT2D eigenvalue weighted by Crippen LogP contribution is -1.93. The van der Waals surface area contributed by atoms with Crippen molar-refractivity contribution in [1.82, 2.24) is 0 Å². The molecule has 2 nitrogen and oxygen atoms in total. The predicted molar refractivity (Wildman–Crippen MR) is 63.8 cm³/mol. The molecule has 0 atom stereocenters. The molecule has 0 aliphatic heterocycles. The Morgan fingerprint density at radius 3 is 2.53 bits per heavy atom. The lowest BCUT2D eigenvalue weighted by atomic mass is 10.2. The van der Waals surface area contributed by atoms with Gasteiger partial charge in [-0.25, -0.2) is 4.39 Å². The molecule has 0 heterocycles. The first-order valence-electron chi connectivity index (χ1n) is 5.03. The molecule has 0 aliphatic rings. The standard InChI is InChI=1S/C13H10ClFO2/c14-10-5-3-7-12(13(10)15)17-11-6-2-1-4-9(11)8-16/h1-7,16H,8H2. The Hall–Kier alpha value is -1.58. The molecule has 0 amide bonds. The van der Waals surface area contributed by atoms with E-state index in [1.807, 2.05) is 0 Å². The van der Waals surface area contributed by atoms with Crippen LogP contribution in [0, 0.1) is 5.82 Å². The van der Waals surface area contributed by atoms with Crippen LogP contribution in [0.5, 0.6) is 11.5 Å². The lowest BCUT2D eigenvalue weighted by molar-refractivity contribution is 0.276. The van der Waals surface area contributed by atoms with Gasteiger partial charge in [-0.05, 0) is 18.2 Å². The SMILES string of the molecule is OCc1ccccc1Oc1cccc(Cl)c1F. The molecule has 0 spiro atoms. The highest BCUT2D eigenvalue weighted by atomic mass is 35.5. The van der Waals surface area contributed by atoms with E-state index in [2.05, 4.69) is 0 Å². The molecule has 0 radical (unpaired) electrons. The van der Waals surface area contributed by atoms with Crippen LogP contribution in [0.2, 0.25) is 5.02 Å². The monoisotopic (exact) mass is 252 g/mol. The van der Waals surface area contributed by atoms with Crippen molar-refractivity contribution in [3.05, 3.63) is 58.9 Å². The summed E-state index contributed by atoms with van der Waals surface area (Å²) in [5.74, 6) is -0.156. The topological polar surface area (TPSA) is 29.5 Å². The number of para-hydroxylation sites is 1. The lowest BCUT2D eigenvalue weighted by Gasteiger charge is -2.10. The van der Waals surface area contributed by atoms with E-state index in [1.54, 1.807) is 30.3 Å². The number of rotatable bonds is 3. The van der Waals surface area contributed by atoms with Crippen LogP contribution < -0.4 is 4.74 Å². The second-order valence-electron chi connectivity index (χ2n) is 3.42. The average molecular weight is 253 g/mol. The van der Waals surface area contributed by atoms with Crippen LogP contribution in [-0.2, 0) is 6.61 Å². The molecule has 0 fully saturated rings. The van der Waals surface area contributed by atoms with E-state index in [9.17, 15) is 4.39 Å². The Labute approximate surface area is 103 Å². The van der Waals surface area contributed by atoms with Crippen molar-refractivity contribution in [3.8, 4) is 11.5 Å². The molecule has 2 aromatic carbocycles. The van der Waals surface area contributed by atoms with Crippen molar-refractivity contribution in [2.75, 3.05) is 0 Å². The summed E-state index contributed by atoms with van der Waals surface area (Å²) in [7, 11) is 0. The molecule has 1 N–H and O–H groups in total. The number of aliphatic hydroxyl groups is 1. The summed E-state index contributed by atoms with van der Waals surface area (Å²) in [6.07, 6.45) is 0. The number of hydrogen-bond donors (Lipinski definition) is 1. The minimum absolute atomic E-state index is 0.00368. The Morgan fingerprint density at radius 1 is 1.06 bits per heavy atom. The molecule has 0 aliphatic carbocycles. The van der Waals surface area contributed by atoms with Gasteiger partial charge in [0.1, 0.15) is 5.75 Å². The fraction of sp³-hybridized carbons (Fsp3) is 0.0769. The molecule has 0 saturated heterocycles. The molecule has 0 saturated carbocycles. The Morgan fingerprint density at radius 2 is 1.76 bits per heavy atom. The third-order valence-corrected chi connectivity index (χ3v) is 2.57. The van der Waals surface area contributed by atoms with Gasteiger partial charge in [0.25, 0.3) is 0 Å². The number of halogens is 2. The van der Waals surface area contributed by atoms with Crippen molar-refractivity contribution in [2.24, 2.45) is 0 Å². The zero-order valence-electron chi connectivity index (χ0n) is 8.86. The van der Waals surface area contributed by atoms with E-state index in [0.29, 0.717) is 11.3 Å². The number of ether oxygens (including phenoxy) is 1. The fourth-order valence-corrected chi connectivity index (χ4v) is 1.58. The Bertz CT molecular complexity index is 529. The summed E-state index contributed by atoms with van der Waals surface area (Å²) in [6, 6.07) is 11.4. The van der Waals surface area contributed by atoms with Crippen LogP contribution >= 0.6 is 11.6 Å². The quantitative estimate of drug-likeness (QED) is 0.901. The summed E-state index contributed by atoms with van der Waals surface area (Å²) in [5.41, 5.74) is 0.590. The van der Waals surface area contributed by atoms with Gasteiger partial charge in [-0.3, -0.25) is 0 Å². The molecule has 4 heteroatoms. The largest absolute Gasteiger partial charge is 0.454 e. The van der Waals surface area contributed by atoms with Gasteiger partial charge in [-0.15, -0.1) is 0 Å². The second-order valence-corrected chi connectivity index (χ2v) is 3.83. The molecule has 0 bridgehead atoms. The van der Waals surface area contributed by atoms with Crippen LogP contribution in [0.25, 0.3) is 0 Å². The van der Waals surface area contributed by atoms with Crippen LogP contribution in [0.4, 0.5) is 4.39 Å². The first-order valence-corrected chi connectivity index (χ1v) is 5.41. The number of aliphatic hydroxyl groups excluding tert-OH is 1. The third kappa shape index (κ3) is 2.57. The summed E-state index contributed by atoms with van der Waals surface area (Å²) in [4.78, 5) is 0. The molecule has 88 valence electrons. The second kappa shape index (κ2) is 5.17. The minimum atomic E-state index is -0.609. The number of hydrogen-bond acceptors (Lipinski definition) is 2. The van der Waals surface area contributed by atoms with Gasteiger partial charge in [0.15, 0.2) is 11.6 Å². The van der Waals surface area contributed by atoms with Crippen molar-refractivity contribution >= 4 is 11.6 Å². The Balaban J connectivity index is 2.35. The first-order chi connectivity index (χ1) is 8.22. The van der Waals surface area contributed by atoms with Gasteiger partial charge in [-0.2, -0.15) is 0 Å². The normalized spacial score (nSPS) is 10.3. The maximum Gasteiger partial charge on any atom is 0.184 e. The van der Waals surface area contributed by atoms with Crippen molar-refractivity contribution in [2.45, 2.75) is 6.61 Å². The van der Waals surface area contributed by atoms with Gasteiger partial charge in [0.2, 0.25) is 0 Å². The van der Waals surface area contributed by atoms with Crippen LogP contribution in [-0.4, -0.2) is 5.11 Å². The van der Waals surface area contributed by atoms with Crippen molar-refractivity contribution in [3.63, 3.8) is 0 Å². The van der Waals surface area contributed by atoms with Crippen LogP contribution in [0.3, 0.4) is 0 Å². The van der Waals surface area contributed by atoms with E-state index in [-0.39, 0.29) is 17.4 Å². The molecule has 17 heavy (non-hydrogen) atoms. The first kappa shape index (κ1) is 11.9. The van der Waals surface area contributed by atoms with Crippen molar-refractivity contribution < 1.29 is 14.2 Å². The maximum atomic E-state index is 13.6. The third-order valence-electron chi connectivity index (χ3n) is 2.28. The molecule has 0 unspecified atom stereocenters. The van der Waals surface area contributed by atoms with Crippen LogP contribution in [0.15, 0.2) is 42.5 Å². The summed E-state index contributed by atoms with van der Waals surface area (Å²) < 4.78 is 19.0. The minimum Gasteiger partial charge on any atom is -0.454 e. The fourth-order valence-electron chi connectivity index (χ4n) is 1.42. The van der Waals surface area contributed by atoms with Gasteiger partial charge < -0.3 is 9.84 Å². The molecule has 2 rings (SSSR count). The molecule has 0 aromatic heterocycles.